The molecule has 1 spiro atoms. The highest BCUT2D eigenvalue weighted by atomic mass is 16.7. The van der Waals surface area contributed by atoms with E-state index in [1.807, 2.05) is 18.2 Å². The van der Waals surface area contributed by atoms with Gasteiger partial charge in [0.25, 0.3) is 0 Å². The first kappa shape index (κ1) is 32.5. The van der Waals surface area contributed by atoms with Gasteiger partial charge in [-0.05, 0) is 110 Å². The van der Waals surface area contributed by atoms with Crippen molar-refractivity contribution >= 4 is 17.6 Å². The lowest BCUT2D eigenvalue weighted by Crippen LogP contribution is -2.60. The lowest BCUT2D eigenvalue weighted by molar-refractivity contribution is -0.160. The molecule has 3 heterocycles. The largest absolute Gasteiger partial charge is 0.454 e. The molecule has 0 bridgehead atoms. The quantitative estimate of drug-likeness (QED) is 0.362. The van der Waals surface area contributed by atoms with Gasteiger partial charge < -0.3 is 24.8 Å². The fourth-order valence-electron chi connectivity index (χ4n) is 12.2. The van der Waals surface area contributed by atoms with Gasteiger partial charge in [-0.3, -0.25) is 19.7 Å². The number of hydrogen-bond donors (Lipinski definition) is 3. The molecule has 48 heavy (non-hydrogen) atoms. The topological polar surface area (TPSA) is 115 Å². The van der Waals surface area contributed by atoms with Crippen molar-refractivity contribution in [1.29, 1.82) is 0 Å². The number of Topliss-reactive ketones (excluding diaryl/α,β-unsaturated/α-hetero) is 1. The first-order valence-electron chi connectivity index (χ1n) is 18.9. The summed E-state index contributed by atoms with van der Waals surface area (Å²) in [6, 6.07) is 5.87. The van der Waals surface area contributed by atoms with Crippen molar-refractivity contribution in [3.8, 4) is 11.5 Å². The average Bonchev–Trinajstić information content (AvgIpc) is 3.72. The second-order valence-electron chi connectivity index (χ2n) is 17.2. The Hall–Kier alpha value is -2.65. The number of nitrogens with one attached hydrogen (secondary N) is 3. The summed E-state index contributed by atoms with van der Waals surface area (Å²) >= 11 is 0. The van der Waals surface area contributed by atoms with Gasteiger partial charge in [0.1, 0.15) is 17.9 Å². The number of carbonyl (C=O) groups is 3. The van der Waals surface area contributed by atoms with Crippen LogP contribution < -0.4 is 25.4 Å². The Morgan fingerprint density at radius 2 is 1.81 bits per heavy atom. The maximum Gasteiger partial charge on any atom is 0.231 e. The van der Waals surface area contributed by atoms with Crippen LogP contribution in [0, 0.1) is 52.3 Å². The standard InChI is InChI=1S/C39H55N3O6/c1-22-9-13-39(41-20-22)23(2)36-32(48-39)17-29-27-7-6-25-16-26(10-12-37(25,3)28(27)18-33(43)38(29,36)4)42-35(45)19-34(44)40-14-11-24-5-8-30-31(15-24)47-21-46-30/h5,8,15,22-23,25-29,32,36,41H,6-7,9-14,16-21H2,1-4H3,(H,40,44)(H,42,45)/t22-,23+,25-,26?,27-,28+,29+,32+,36+,37+,38-,39-/m1/s1. The molecule has 3 aliphatic heterocycles. The number of fused-ring (bicyclic) bond motifs is 8. The fraction of sp³-hybridized carbons (Fsp3) is 0.769. The molecule has 1 aromatic carbocycles. The van der Waals surface area contributed by atoms with Crippen LogP contribution in [0.4, 0.5) is 0 Å². The van der Waals surface area contributed by atoms with E-state index in [9.17, 15) is 14.4 Å². The highest BCUT2D eigenvalue weighted by Crippen LogP contribution is 2.70. The molecule has 2 amide bonds. The lowest BCUT2D eigenvalue weighted by atomic mass is 9.44. The van der Waals surface area contributed by atoms with Crippen molar-refractivity contribution in [2.75, 3.05) is 19.9 Å². The van der Waals surface area contributed by atoms with E-state index >= 15 is 0 Å². The molecule has 1 unspecified atom stereocenters. The van der Waals surface area contributed by atoms with Gasteiger partial charge in [-0.25, -0.2) is 0 Å². The smallest absolute Gasteiger partial charge is 0.231 e. The minimum absolute atomic E-state index is 0.0834. The Labute approximate surface area is 285 Å². The first-order valence-corrected chi connectivity index (χ1v) is 18.9. The van der Waals surface area contributed by atoms with E-state index in [1.165, 1.54) is 12.8 Å². The number of ether oxygens (including phenoxy) is 3. The Bertz CT molecular complexity index is 1460. The van der Waals surface area contributed by atoms with Crippen LogP contribution in [0.5, 0.6) is 11.5 Å². The van der Waals surface area contributed by atoms with E-state index in [4.69, 9.17) is 14.2 Å². The first-order chi connectivity index (χ1) is 23.0. The number of benzene rings is 1. The van der Waals surface area contributed by atoms with Gasteiger partial charge in [-0.15, -0.1) is 0 Å². The normalized spacial score (nSPS) is 44.0. The highest BCUT2D eigenvalue weighted by Gasteiger charge is 2.71. The van der Waals surface area contributed by atoms with E-state index in [-0.39, 0.29) is 53.7 Å². The molecular formula is C39H55N3O6. The van der Waals surface area contributed by atoms with Crippen LogP contribution in [0.1, 0.15) is 97.5 Å². The summed E-state index contributed by atoms with van der Waals surface area (Å²) in [5.41, 5.74) is 0.610. The van der Waals surface area contributed by atoms with Crippen LogP contribution in [0.2, 0.25) is 0 Å². The Morgan fingerprint density at radius 3 is 2.62 bits per heavy atom. The van der Waals surface area contributed by atoms with Crippen molar-refractivity contribution in [2.24, 2.45) is 52.3 Å². The molecule has 4 saturated carbocycles. The Balaban J connectivity index is 0.851. The SMILES string of the molecule is C[C@@H]1CC[C@@]2(NC1)O[C@H]1C[C@H]3[C@@H]4CC[C@@H]5CC(NC(=O)CC(=O)NCCc6ccc7c(c6)OCO7)CC[C@]5(C)[C@H]4CC(=O)[C@]3(C)[C@H]1[C@@H]2C. The highest BCUT2D eigenvalue weighted by molar-refractivity contribution is 5.97. The summed E-state index contributed by atoms with van der Waals surface area (Å²) in [4.78, 5) is 39.9. The number of amides is 2. The fourth-order valence-corrected chi connectivity index (χ4v) is 12.2. The zero-order valence-electron chi connectivity index (χ0n) is 29.3. The molecule has 3 N–H and O–H groups in total. The molecule has 6 fully saturated rings. The van der Waals surface area contributed by atoms with E-state index < -0.39 is 0 Å². The van der Waals surface area contributed by atoms with Gasteiger partial charge in [0.05, 0.1) is 6.10 Å². The van der Waals surface area contributed by atoms with Gasteiger partial charge in [-0.2, -0.15) is 0 Å². The molecule has 4 aliphatic carbocycles. The van der Waals surface area contributed by atoms with E-state index in [2.05, 4.69) is 43.6 Å². The monoisotopic (exact) mass is 661 g/mol. The predicted octanol–water partition coefficient (Wildman–Crippen LogP) is 5.15. The van der Waals surface area contributed by atoms with Crippen LogP contribution in [-0.4, -0.2) is 55.4 Å². The molecule has 7 aliphatic rings. The molecule has 2 saturated heterocycles. The molecule has 0 radical (unpaired) electrons. The Kier molecular flexibility index (Phi) is 8.13. The molecule has 0 aromatic heterocycles. The third kappa shape index (κ3) is 5.19. The summed E-state index contributed by atoms with van der Waals surface area (Å²) < 4.78 is 17.8. The maximum absolute atomic E-state index is 14.4. The van der Waals surface area contributed by atoms with E-state index in [1.54, 1.807) is 0 Å². The summed E-state index contributed by atoms with van der Waals surface area (Å²) in [5, 5.41) is 9.90. The number of piperidine rings is 1. The zero-order chi connectivity index (χ0) is 33.4. The van der Waals surface area contributed by atoms with Gasteiger partial charge >= 0.3 is 0 Å². The molecule has 262 valence electrons. The van der Waals surface area contributed by atoms with Crippen molar-refractivity contribution in [1.82, 2.24) is 16.0 Å². The number of ketones is 1. The summed E-state index contributed by atoms with van der Waals surface area (Å²) in [6.45, 7) is 11.1. The summed E-state index contributed by atoms with van der Waals surface area (Å²) in [7, 11) is 0. The molecule has 9 nitrogen and oxygen atoms in total. The van der Waals surface area contributed by atoms with Crippen molar-refractivity contribution in [3.63, 3.8) is 0 Å². The van der Waals surface area contributed by atoms with Crippen molar-refractivity contribution < 1.29 is 28.6 Å². The van der Waals surface area contributed by atoms with Gasteiger partial charge in [0.15, 0.2) is 11.5 Å². The lowest BCUT2D eigenvalue weighted by Gasteiger charge is -2.60. The minimum atomic E-state index is -0.293. The summed E-state index contributed by atoms with van der Waals surface area (Å²) in [5.74, 6) is 4.69. The molecule has 12 atom stereocenters. The summed E-state index contributed by atoms with van der Waals surface area (Å²) in [6.07, 6.45) is 9.81. The minimum Gasteiger partial charge on any atom is -0.454 e. The second-order valence-corrected chi connectivity index (χ2v) is 17.2. The third-order valence-corrected chi connectivity index (χ3v) is 14.9. The molecule has 8 rings (SSSR count). The van der Waals surface area contributed by atoms with Crippen LogP contribution >= 0.6 is 0 Å². The Morgan fingerprint density at radius 1 is 0.979 bits per heavy atom. The van der Waals surface area contributed by atoms with Crippen molar-refractivity contribution in [2.45, 2.75) is 116 Å². The van der Waals surface area contributed by atoms with Crippen LogP contribution in [0.25, 0.3) is 0 Å². The van der Waals surface area contributed by atoms with Gasteiger partial charge in [0, 0.05) is 42.8 Å². The number of rotatable bonds is 6. The van der Waals surface area contributed by atoms with Gasteiger partial charge in [-0.1, -0.05) is 33.8 Å². The molecule has 1 aromatic rings. The maximum atomic E-state index is 14.4. The molecular weight excluding hydrogens is 606 g/mol. The van der Waals surface area contributed by atoms with E-state index in [0.717, 1.165) is 62.1 Å². The zero-order valence-corrected chi connectivity index (χ0v) is 29.3. The van der Waals surface area contributed by atoms with Crippen LogP contribution in [0.3, 0.4) is 0 Å². The average molecular weight is 662 g/mol. The van der Waals surface area contributed by atoms with Crippen LogP contribution in [-0.2, 0) is 25.5 Å². The number of carbonyl (C=O) groups excluding carboxylic acids is 3. The number of hydrogen-bond acceptors (Lipinski definition) is 7. The van der Waals surface area contributed by atoms with Gasteiger partial charge in [0.2, 0.25) is 18.6 Å². The van der Waals surface area contributed by atoms with Crippen LogP contribution in [0.15, 0.2) is 18.2 Å². The third-order valence-electron chi connectivity index (χ3n) is 14.9. The second kappa shape index (κ2) is 12.0. The predicted molar refractivity (Wildman–Crippen MR) is 180 cm³/mol. The molecule has 9 heteroatoms. The van der Waals surface area contributed by atoms with E-state index in [0.29, 0.717) is 66.6 Å². The van der Waals surface area contributed by atoms with Crippen molar-refractivity contribution in [3.05, 3.63) is 23.8 Å².